The topological polar surface area (TPSA) is 86.3 Å². The van der Waals surface area contributed by atoms with Gasteiger partial charge in [-0.1, -0.05) is 36.0 Å². The van der Waals surface area contributed by atoms with Gasteiger partial charge in [-0.05, 0) is 18.9 Å². The van der Waals surface area contributed by atoms with Gasteiger partial charge in [0, 0.05) is 19.3 Å². The minimum atomic E-state index is -0.460. The van der Waals surface area contributed by atoms with Gasteiger partial charge in [0.2, 0.25) is 0 Å². The number of nitrogens with zero attached hydrogens (tertiary/aromatic N) is 1. The summed E-state index contributed by atoms with van der Waals surface area (Å²) in [5.74, 6) is 0.524. The number of hydrogen-bond acceptors (Lipinski definition) is 4. The van der Waals surface area contributed by atoms with Gasteiger partial charge in [-0.2, -0.15) is 0 Å². The fourth-order valence-electron chi connectivity index (χ4n) is 2.56. The summed E-state index contributed by atoms with van der Waals surface area (Å²) in [6, 6.07) is 1.33. The predicted octanol–water partition coefficient (Wildman–Crippen LogP) is 2.40. The Labute approximate surface area is 139 Å². The third-order valence-corrected chi connectivity index (χ3v) is 4.25. The van der Waals surface area contributed by atoms with Crippen molar-refractivity contribution < 1.29 is 9.90 Å². The van der Waals surface area contributed by atoms with Crippen molar-refractivity contribution in [2.75, 3.05) is 25.0 Å². The van der Waals surface area contributed by atoms with Gasteiger partial charge >= 0.3 is 6.03 Å². The Bertz CT molecular complexity index is 522. The minimum absolute atomic E-state index is 0.0248. The van der Waals surface area contributed by atoms with Crippen LogP contribution in [-0.4, -0.2) is 41.4 Å². The zero-order chi connectivity index (χ0) is 16.0. The number of nitrogens with one attached hydrogen (secondary N) is 3. The largest absolute Gasteiger partial charge is 0.394 e. The van der Waals surface area contributed by atoms with Gasteiger partial charge in [0.05, 0.1) is 22.2 Å². The maximum atomic E-state index is 11.9. The van der Waals surface area contributed by atoms with Crippen molar-refractivity contribution in [3.05, 3.63) is 22.3 Å². The van der Waals surface area contributed by atoms with E-state index in [1.54, 1.807) is 6.07 Å². The van der Waals surface area contributed by atoms with E-state index in [0.717, 1.165) is 25.7 Å². The zero-order valence-corrected chi connectivity index (χ0v) is 13.7. The third-order valence-electron chi connectivity index (χ3n) is 3.75. The van der Waals surface area contributed by atoms with E-state index in [2.05, 4.69) is 20.9 Å². The highest BCUT2D eigenvalue weighted by molar-refractivity contribution is 6.35. The molecule has 2 rings (SSSR count). The monoisotopic (exact) mass is 346 g/mol. The molecule has 2 amide bonds. The summed E-state index contributed by atoms with van der Waals surface area (Å²) < 4.78 is 0. The summed E-state index contributed by atoms with van der Waals surface area (Å²) >= 11 is 11.8. The SMILES string of the molecule is O=C(NCCNc1ncc(Cl)cc1Cl)NC1(CO)CCCC1. The normalized spacial score (nSPS) is 16.3. The number of carbonyl (C=O) groups is 1. The van der Waals surface area contributed by atoms with Crippen LogP contribution in [0.5, 0.6) is 0 Å². The first-order valence-electron chi connectivity index (χ1n) is 7.26. The molecule has 4 N–H and O–H groups in total. The highest BCUT2D eigenvalue weighted by atomic mass is 35.5. The zero-order valence-electron chi connectivity index (χ0n) is 12.2. The third kappa shape index (κ3) is 4.63. The van der Waals surface area contributed by atoms with E-state index in [-0.39, 0.29) is 12.6 Å². The molecule has 8 heteroatoms. The van der Waals surface area contributed by atoms with Crippen LogP contribution >= 0.6 is 23.2 Å². The van der Waals surface area contributed by atoms with Crippen LogP contribution in [0.3, 0.4) is 0 Å². The van der Waals surface area contributed by atoms with E-state index >= 15 is 0 Å². The van der Waals surface area contributed by atoms with Gasteiger partial charge in [-0.15, -0.1) is 0 Å². The van der Waals surface area contributed by atoms with Crippen molar-refractivity contribution in [1.82, 2.24) is 15.6 Å². The maximum absolute atomic E-state index is 11.9. The molecule has 1 aromatic rings. The van der Waals surface area contributed by atoms with Crippen molar-refractivity contribution in [2.45, 2.75) is 31.2 Å². The number of aromatic nitrogens is 1. The van der Waals surface area contributed by atoms with Crippen molar-refractivity contribution in [1.29, 1.82) is 0 Å². The van der Waals surface area contributed by atoms with Gasteiger partial charge in [-0.25, -0.2) is 9.78 Å². The number of aliphatic hydroxyl groups excluding tert-OH is 1. The number of hydrogen-bond donors (Lipinski definition) is 4. The molecule has 0 spiro atoms. The Hall–Kier alpha value is -1.24. The number of rotatable bonds is 6. The lowest BCUT2D eigenvalue weighted by molar-refractivity contribution is 0.163. The summed E-state index contributed by atoms with van der Waals surface area (Å²) in [5, 5.41) is 19.0. The predicted molar refractivity (Wildman–Crippen MR) is 87.6 cm³/mol. The Morgan fingerprint density at radius 1 is 1.32 bits per heavy atom. The molecule has 0 atom stereocenters. The standard InChI is InChI=1S/C14H20Cl2N4O2/c15-10-7-11(16)12(19-8-10)17-5-6-18-13(22)20-14(9-21)3-1-2-4-14/h7-8,21H,1-6,9H2,(H,17,19)(H2,18,20,22). The quantitative estimate of drug-likeness (QED) is 0.595. The lowest BCUT2D eigenvalue weighted by Crippen LogP contribution is -2.53. The van der Waals surface area contributed by atoms with Crippen LogP contribution in [0.25, 0.3) is 0 Å². The molecular formula is C14H20Cl2N4O2. The number of aliphatic hydroxyl groups is 1. The maximum Gasteiger partial charge on any atom is 0.315 e. The second kappa shape index (κ2) is 7.85. The van der Waals surface area contributed by atoms with Crippen LogP contribution in [0, 0.1) is 0 Å². The molecule has 122 valence electrons. The van der Waals surface area contributed by atoms with Crippen LogP contribution in [0.15, 0.2) is 12.3 Å². The average Bonchev–Trinajstić information content (AvgIpc) is 2.94. The first-order chi connectivity index (χ1) is 10.5. The molecule has 0 unspecified atom stereocenters. The molecule has 1 fully saturated rings. The van der Waals surface area contributed by atoms with E-state index in [0.29, 0.717) is 29.0 Å². The fraction of sp³-hybridized carbons (Fsp3) is 0.571. The van der Waals surface area contributed by atoms with Crippen molar-refractivity contribution >= 4 is 35.1 Å². The van der Waals surface area contributed by atoms with Gasteiger partial charge in [-0.3, -0.25) is 0 Å². The summed E-state index contributed by atoms with van der Waals surface area (Å²) in [4.78, 5) is 15.9. The summed E-state index contributed by atoms with van der Waals surface area (Å²) in [6.07, 6.45) is 5.20. The molecule has 0 radical (unpaired) electrons. The fourth-order valence-corrected chi connectivity index (χ4v) is 3.01. The number of pyridine rings is 1. The second-order valence-electron chi connectivity index (χ2n) is 5.44. The Morgan fingerprint density at radius 3 is 2.68 bits per heavy atom. The van der Waals surface area contributed by atoms with Crippen LogP contribution in [0.2, 0.25) is 10.0 Å². The lowest BCUT2D eigenvalue weighted by Gasteiger charge is -2.28. The molecular weight excluding hydrogens is 327 g/mol. The highest BCUT2D eigenvalue weighted by Crippen LogP contribution is 2.28. The van der Waals surface area contributed by atoms with E-state index in [9.17, 15) is 9.90 Å². The summed E-state index contributed by atoms with van der Waals surface area (Å²) in [5.41, 5.74) is -0.460. The first kappa shape index (κ1) is 17.1. The molecule has 0 saturated heterocycles. The lowest BCUT2D eigenvalue weighted by atomic mass is 9.99. The van der Waals surface area contributed by atoms with Gasteiger partial charge in [0.1, 0.15) is 5.82 Å². The minimum Gasteiger partial charge on any atom is -0.394 e. The second-order valence-corrected chi connectivity index (χ2v) is 6.28. The summed E-state index contributed by atoms with van der Waals surface area (Å²) in [6.45, 7) is 0.866. The van der Waals surface area contributed by atoms with Crippen molar-refractivity contribution in [3.8, 4) is 0 Å². The van der Waals surface area contributed by atoms with Crippen LogP contribution in [-0.2, 0) is 0 Å². The first-order valence-corrected chi connectivity index (χ1v) is 8.02. The van der Waals surface area contributed by atoms with Crippen LogP contribution in [0.1, 0.15) is 25.7 Å². The molecule has 1 saturated carbocycles. The summed E-state index contributed by atoms with van der Waals surface area (Å²) in [7, 11) is 0. The van der Waals surface area contributed by atoms with E-state index in [4.69, 9.17) is 23.2 Å². The Balaban J connectivity index is 1.71. The number of halogens is 2. The highest BCUT2D eigenvalue weighted by Gasteiger charge is 2.34. The molecule has 0 bridgehead atoms. The van der Waals surface area contributed by atoms with Gasteiger partial charge < -0.3 is 21.1 Å². The molecule has 1 heterocycles. The molecule has 22 heavy (non-hydrogen) atoms. The van der Waals surface area contributed by atoms with Crippen LogP contribution in [0.4, 0.5) is 10.6 Å². The van der Waals surface area contributed by atoms with Gasteiger partial charge in [0.25, 0.3) is 0 Å². The van der Waals surface area contributed by atoms with E-state index < -0.39 is 5.54 Å². The molecule has 1 aliphatic carbocycles. The molecule has 1 aromatic heterocycles. The average molecular weight is 347 g/mol. The number of urea groups is 1. The van der Waals surface area contributed by atoms with Crippen molar-refractivity contribution in [2.24, 2.45) is 0 Å². The molecule has 6 nitrogen and oxygen atoms in total. The van der Waals surface area contributed by atoms with Crippen LogP contribution < -0.4 is 16.0 Å². The Morgan fingerprint density at radius 2 is 2.05 bits per heavy atom. The van der Waals surface area contributed by atoms with Gasteiger partial charge in [0.15, 0.2) is 0 Å². The molecule has 1 aliphatic rings. The number of carbonyl (C=O) groups excluding carboxylic acids is 1. The van der Waals surface area contributed by atoms with Crippen molar-refractivity contribution in [3.63, 3.8) is 0 Å². The molecule has 0 aromatic carbocycles. The molecule has 0 aliphatic heterocycles. The number of anilines is 1. The Kier molecular flexibility index (Phi) is 6.11. The van der Waals surface area contributed by atoms with E-state index in [1.165, 1.54) is 6.20 Å². The van der Waals surface area contributed by atoms with E-state index in [1.807, 2.05) is 0 Å². The smallest absolute Gasteiger partial charge is 0.315 e. The number of amides is 2.